The fourth-order valence-corrected chi connectivity index (χ4v) is 2.83. The average Bonchev–Trinajstić information content (AvgIpc) is 2.66. The number of hydrogen-bond donors (Lipinski definition) is 1. The van der Waals surface area contributed by atoms with Crippen molar-refractivity contribution in [1.82, 2.24) is 10.2 Å². The Morgan fingerprint density at radius 3 is 2.68 bits per heavy atom. The Bertz CT molecular complexity index is 421. The molecule has 1 aromatic rings. The van der Waals surface area contributed by atoms with Crippen LogP contribution in [0, 0.1) is 5.92 Å². The topological polar surface area (TPSA) is 41.6 Å². The summed E-state index contributed by atoms with van der Waals surface area (Å²) in [5, 5.41) is 3.01. The molecule has 19 heavy (non-hydrogen) atoms. The summed E-state index contributed by atoms with van der Waals surface area (Å²) in [5.74, 6) is 0.311. The van der Waals surface area contributed by atoms with Crippen LogP contribution in [0.4, 0.5) is 0 Å². The predicted octanol–water partition coefficient (Wildman–Crippen LogP) is 1.62. The summed E-state index contributed by atoms with van der Waals surface area (Å²) in [6, 6.07) is 10.5. The Hall–Kier alpha value is -1.39. The number of carbonyl (C=O) groups is 1. The largest absolute Gasteiger partial charge is 0.366 e. The number of methoxy groups -OCH3 is 1. The Morgan fingerprint density at radius 2 is 2.11 bits per heavy atom. The molecule has 3 atom stereocenters. The van der Waals surface area contributed by atoms with Gasteiger partial charge in [-0.2, -0.15) is 0 Å². The van der Waals surface area contributed by atoms with Crippen LogP contribution in [-0.4, -0.2) is 36.7 Å². The zero-order valence-electron chi connectivity index (χ0n) is 11.8. The van der Waals surface area contributed by atoms with Gasteiger partial charge in [0.05, 0.1) is 0 Å². The molecule has 0 radical (unpaired) electrons. The van der Waals surface area contributed by atoms with Gasteiger partial charge in [-0.25, -0.2) is 0 Å². The highest BCUT2D eigenvalue weighted by Crippen LogP contribution is 2.26. The van der Waals surface area contributed by atoms with E-state index in [-0.39, 0.29) is 24.1 Å². The minimum Gasteiger partial charge on any atom is -0.366 e. The fraction of sp³-hybridized carbons (Fsp3) is 0.533. The monoisotopic (exact) mass is 262 g/mol. The lowest BCUT2D eigenvalue weighted by molar-refractivity contribution is -0.119. The zero-order chi connectivity index (χ0) is 13.8. The van der Waals surface area contributed by atoms with Gasteiger partial charge in [0, 0.05) is 39.1 Å². The molecule has 1 heterocycles. The van der Waals surface area contributed by atoms with Crippen molar-refractivity contribution in [1.29, 1.82) is 0 Å². The lowest BCUT2D eigenvalue weighted by atomic mass is 10.1. The quantitative estimate of drug-likeness (QED) is 0.896. The molecule has 1 aliphatic rings. The second kappa shape index (κ2) is 6.17. The molecule has 1 fully saturated rings. The number of nitrogens with one attached hydrogen (secondary N) is 1. The number of rotatable bonds is 4. The van der Waals surface area contributed by atoms with Crippen LogP contribution in [0.15, 0.2) is 30.3 Å². The van der Waals surface area contributed by atoms with Gasteiger partial charge in [-0.05, 0) is 5.56 Å². The van der Waals surface area contributed by atoms with Crippen molar-refractivity contribution < 1.29 is 9.53 Å². The first kappa shape index (κ1) is 14.0. The van der Waals surface area contributed by atoms with Gasteiger partial charge >= 0.3 is 0 Å². The summed E-state index contributed by atoms with van der Waals surface area (Å²) < 4.78 is 5.59. The van der Waals surface area contributed by atoms with Gasteiger partial charge in [-0.1, -0.05) is 37.3 Å². The molecule has 0 unspecified atom stereocenters. The number of amides is 1. The molecular formula is C15H22N2O2. The summed E-state index contributed by atoms with van der Waals surface area (Å²) in [4.78, 5) is 13.5. The predicted molar refractivity (Wildman–Crippen MR) is 74.4 cm³/mol. The van der Waals surface area contributed by atoms with Crippen LogP contribution >= 0.6 is 0 Å². The summed E-state index contributed by atoms with van der Waals surface area (Å²) in [6.45, 7) is 5.36. The van der Waals surface area contributed by atoms with Crippen LogP contribution in [0.2, 0.25) is 0 Å². The zero-order valence-corrected chi connectivity index (χ0v) is 11.8. The maximum absolute atomic E-state index is 11.2. The number of likely N-dealkylation sites (tertiary alicyclic amines) is 1. The summed E-state index contributed by atoms with van der Waals surface area (Å²) in [6.07, 6.45) is 0.0528. The lowest BCUT2D eigenvalue weighted by Gasteiger charge is -2.25. The van der Waals surface area contributed by atoms with Crippen LogP contribution in [-0.2, 0) is 16.1 Å². The molecule has 1 aliphatic heterocycles. The van der Waals surface area contributed by atoms with E-state index in [9.17, 15) is 4.79 Å². The molecule has 0 spiro atoms. The van der Waals surface area contributed by atoms with E-state index in [1.165, 1.54) is 5.56 Å². The third kappa shape index (κ3) is 3.33. The molecule has 1 amide bonds. The number of carbonyl (C=O) groups excluding carboxylic acids is 1. The van der Waals surface area contributed by atoms with Gasteiger partial charge < -0.3 is 10.1 Å². The summed E-state index contributed by atoms with van der Waals surface area (Å²) in [7, 11) is 1.73. The molecule has 4 nitrogen and oxygen atoms in total. The van der Waals surface area contributed by atoms with E-state index in [1.807, 2.05) is 18.2 Å². The highest BCUT2D eigenvalue weighted by atomic mass is 16.5. The average molecular weight is 262 g/mol. The van der Waals surface area contributed by atoms with Gasteiger partial charge in [0.2, 0.25) is 5.91 Å². The van der Waals surface area contributed by atoms with Crippen molar-refractivity contribution in [3.63, 3.8) is 0 Å². The van der Waals surface area contributed by atoms with E-state index in [0.29, 0.717) is 0 Å². The lowest BCUT2D eigenvalue weighted by Crippen LogP contribution is -2.38. The van der Waals surface area contributed by atoms with Crippen LogP contribution in [0.3, 0.4) is 0 Å². The van der Waals surface area contributed by atoms with Gasteiger partial charge in [-0.3, -0.25) is 9.69 Å². The first-order chi connectivity index (χ1) is 9.11. The molecule has 1 N–H and O–H groups in total. The smallest absolute Gasteiger partial charge is 0.217 e. The van der Waals surface area contributed by atoms with Crippen LogP contribution in [0.5, 0.6) is 0 Å². The third-order valence-electron chi connectivity index (χ3n) is 3.73. The van der Waals surface area contributed by atoms with Crippen molar-refractivity contribution >= 4 is 5.91 Å². The van der Waals surface area contributed by atoms with Crippen molar-refractivity contribution in [3.05, 3.63) is 35.9 Å². The van der Waals surface area contributed by atoms with E-state index in [1.54, 1.807) is 14.0 Å². The van der Waals surface area contributed by atoms with Crippen LogP contribution in [0.1, 0.15) is 19.4 Å². The van der Waals surface area contributed by atoms with Crippen LogP contribution < -0.4 is 5.32 Å². The Morgan fingerprint density at radius 1 is 1.42 bits per heavy atom. The Labute approximate surface area is 114 Å². The van der Waals surface area contributed by atoms with Crippen molar-refractivity contribution in [2.24, 2.45) is 5.92 Å². The molecule has 2 rings (SSSR count). The van der Waals surface area contributed by atoms with E-state index >= 15 is 0 Å². The standard InChI is InChI=1S/C15H22N2O2/c1-11-14(16-12(2)18)10-17(15(11)19-3)9-13-7-5-4-6-8-13/h4-8,11,14-15H,9-10H2,1-3H3,(H,16,18)/t11-,14+,15+/m1/s1. The first-order valence-electron chi connectivity index (χ1n) is 6.69. The maximum atomic E-state index is 11.2. The minimum absolute atomic E-state index is 0.0215. The van der Waals surface area contributed by atoms with E-state index < -0.39 is 0 Å². The molecule has 1 aromatic carbocycles. The number of ether oxygens (including phenoxy) is 1. The van der Waals surface area contributed by atoms with E-state index in [4.69, 9.17) is 4.74 Å². The summed E-state index contributed by atoms with van der Waals surface area (Å²) >= 11 is 0. The number of benzene rings is 1. The molecule has 1 saturated heterocycles. The first-order valence-corrected chi connectivity index (χ1v) is 6.69. The maximum Gasteiger partial charge on any atom is 0.217 e. The molecule has 0 aromatic heterocycles. The second-order valence-electron chi connectivity index (χ2n) is 5.21. The Balaban J connectivity index is 2.05. The fourth-order valence-electron chi connectivity index (χ4n) is 2.83. The van der Waals surface area contributed by atoms with Gasteiger partial charge in [0.25, 0.3) is 0 Å². The molecule has 0 saturated carbocycles. The van der Waals surface area contributed by atoms with Crippen molar-refractivity contribution in [3.8, 4) is 0 Å². The number of nitrogens with zero attached hydrogens (tertiary/aromatic N) is 1. The molecule has 4 heteroatoms. The molecule has 0 aliphatic carbocycles. The third-order valence-corrected chi connectivity index (χ3v) is 3.73. The van der Waals surface area contributed by atoms with Gasteiger partial charge in [-0.15, -0.1) is 0 Å². The molecule has 0 bridgehead atoms. The second-order valence-corrected chi connectivity index (χ2v) is 5.21. The van der Waals surface area contributed by atoms with Crippen LogP contribution in [0.25, 0.3) is 0 Å². The Kier molecular flexibility index (Phi) is 4.56. The van der Waals surface area contributed by atoms with E-state index in [0.717, 1.165) is 13.1 Å². The highest BCUT2D eigenvalue weighted by Gasteiger charge is 2.39. The van der Waals surface area contributed by atoms with Crippen molar-refractivity contribution in [2.75, 3.05) is 13.7 Å². The van der Waals surface area contributed by atoms with Gasteiger partial charge in [0.15, 0.2) is 0 Å². The normalized spacial score (nSPS) is 27.4. The van der Waals surface area contributed by atoms with Gasteiger partial charge in [0.1, 0.15) is 6.23 Å². The summed E-state index contributed by atoms with van der Waals surface area (Å²) in [5.41, 5.74) is 1.26. The highest BCUT2D eigenvalue weighted by molar-refractivity contribution is 5.73. The SMILES string of the molecule is CO[C@H]1[C@H](C)[C@@H](NC(C)=O)CN1Cc1ccccc1. The molecule has 104 valence electrons. The minimum atomic E-state index is 0.0215. The molecular weight excluding hydrogens is 240 g/mol. The van der Waals surface area contributed by atoms with E-state index in [2.05, 4.69) is 29.3 Å². The van der Waals surface area contributed by atoms with Crippen molar-refractivity contribution in [2.45, 2.75) is 32.7 Å². The number of hydrogen-bond acceptors (Lipinski definition) is 3.